The zero-order valence-corrected chi connectivity index (χ0v) is 13.4. The number of rotatable bonds is 6. The van der Waals surface area contributed by atoms with Gasteiger partial charge >= 0.3 is 0 Å². The van der Waals surface area contributed by atoms with Crippen molar-refractivity contribution in [3.63, 3.8) is 0 Å². The summed E-state index contributed by atoms with van der Waals surface area (Å²) in [5.41, 5.74) is 2.19. The second-order valence-corrected chi connectivity index (χ2v) is 5.38. The molecule has 4 heteroatoms. The maximum Gasteiger partial charge on any atom is 0.185 e. The molecule has 0 aliphatic carbocycles. The number of carbonyl (C=O) groups excluding carboxylic acids is 1. The predicted octanol–water partition coefficient (Wildman–Crippen LogP) is 4.70. The number of halogens is 1. The summed E-state index contributed by atoms with van der Waals surface area (Å²) in [4.78, 5) is 16.2. The van der Waals surface area contributed by atoms with Gasteiger partial charge in [-0.1, -0.05) is 24.3 Å². The van der Waals surface area contributed by atoms with E-state index >= 15 is 0 Å². The van der Waals surface area contributed by atoms with Crippen molar-refractivity contribution in [1.29, 1.82) is 0 Å². The van der Waals surface area contributed by atoms with Gasteiger partial charge in [-0.3, -0.25) is 9.78 Å². The van der Waals surface area contributed by atoms with E-state index in [1.807, 2.05) is 42.5 Å². The average Bonchev–Trinajstić information content (AvgIpc) is 2.67. The van der Waals surface area contributed by atoms with E-state index in [1.165, 1.54) is 30.3 Å². The summed E-state index contributed by atoms with van der Waals surface area (Å²) < 4.78 is 18.5. The lowest BCUT2D eigenvalue weighted by atomic mass is 10.1. The minimum atomic E-state index is -0.359. The zero-order valence-electron chi connectivity index (χ0n) is 13.4. The first-order valence-electron chi connectivity index (χ1n) is 7.81. The van der Waals surface area contributed by atoms with Crippen molar-refractivity contribution in [2.24, 2.45) is 0 Å². The van der Waals surface area contributed by atoms with Gasteiger partial charge in [-0.15, -0.1) is 0 Å². The molecular weight excluding hydrogens is 317 g/mol. The smallest absolute Gasteiger partial charge is 0.185 e. The molecule has 0 spiro atoms. The Labute approximate surface area is 145 Å². The second kappa shape index (κ2) is 8.02. The van der Waals surface area contributed by atoms with Crippen LogP contribution in [-0.2, 0) is 6.61 Å². The molecule has 25 heavy (non-hydrogen) atoms. The van der Waals surface area contributed by atoms with Crippen LogP contribution in [0.5, 0.6) is 5.75 Å². The summed E-state index contributed by atoms with van der Waals surface area (Å²) in [7, 11) is 0. The van der Waals surface area contributed by atoms with Crippen molar-refractivity contribution < 1.29 is 13.9 Å². The van der Waals surface area contributed by atoms with E-state index in [2.05, 4.69) is 4.98 Å². The Kier molecular flexibility index (Phi) is 5.32. The summed E-state index contributed by atoms with van der Waals surface area (Å²) in [6.07, 6.45) is 4.91. The van der Waals surface area contributed by atoms with E-state index in [0.29, 0.717) is 12.2 Å². The lowest BCUT2D eigenvalue weighted by Gasteiger charge is -2.05. The fraction of sp³-hybridized carbons (Fsp3) is 0.0476. The summed E-state index contributed by atoms with van der Waals surface area (Å²) >= 11 is 0. The largest absolute Gasteiger partial charge is 0.487 e. The first-order chi connectivity index (χ1) is 12.2. The number of nitrogens with zero attached hydrogens (tertiary/aromatic N) is 1. The topological polar surface area (TPSA) is 39.2 Å². The maximum atomic E-state index is 12.9. The monoisotopic (exact) mass is 333 g/mol. The third kappa shape index (κ3) is 4.85. The molecule has 124 valence electrons. The number of hydrogen-bond donors (Lipinski definition) is 0. The van der Waals surface area contributed by atoms with E-state index in [9.17, 15) is 9.18 Å². The first kappa shape index (κ1) is 16.6. The molecule has 0 amide bonds. The van der Waals surface area contributed by atoms with Crippen LogP contribution in [0.15, 0.2) is 79.0 Å². The fourth-order valence-electron chi connectivity index (χ4n) is 2.20. The van der Waals surface area contributed by atoms with Gasteiger partial charge in [0.2, 0.25) is 0 Å². The van der Waals surface area contributed by atoms with Crippen LogP contribution in [-0.4, -0.2) is 10.8 Å². The third-order valence-electron chi connectivity index (χ3n) is 3.55. The summed E-state index contributed by atoms with van der Waals surface area (Å²) in [5.74, 6) is 0.199. The fourth-order valence-corrected chi connectivity index (χ4v) is 2.20. The number of allylic oxidation sites excluding steroid dienone is 1. The van der Waals surface area contributed by atoms with Crippen molar-refractivity contribution in [2.45, 2.75) is 6.61 Å². The van der Waals surface area contributed by atoms with E-state index in [1.54, 1.807) is 12.3 Å². The van der Waals surface area contributed by atoms with Crippen LogP contribution >= 0.6 is 0 Å². The molecule has 1 heterocycles. The minimum Gasteiger partial charge on any atom is -0.487 e. The standard InChI is InChI=1S/C21H16FNO2/c22-18-9-7-17(8-10-18)21(24)13-6-16-4-11-20(12-5-16)25-15-19-3-1-2-14-23-19/h1-14H,15H2/b13-6+. The Morgan fingerprint density at radius 1 is 1.00 bits per heavy atom. The van der Waals surface area contributed by atoms with E-state index in [0.717, 1.165) is 17.0 Å². The van der Waals surface area contributed by atoms with Crippen LogP contribution in [0, 0.1) is 5.82 Å². The van der Waals surface area contributed by atoms with Crippen LogP contribution in [0.4, 0.5) is 4.39 Å². The van der Waals surface area contributed by atoms with Crippen LogP contribution in [0.25, 0.3) is 6.08 Å². The van der Waals surface area contributed by atoms with Gasteiger partial charge in [-0.25, -0.2) is 4.39 Å². The van der Waals surface area contributed by atoms with Crippen molar-refractivity contribution in [1.82, 2.24) is 4.98 Å². The number of pyridine rings is 1. The highest BCUT2D eigenvalue weighted by Gasteiger charge is 2.02. The molecule has 0 saturated carbocycles. The Balaban J connectivity index is 1.58. The van der Waals surface area contributed by atoms with Crippen LogP contribution in [0.3, 0.4) is 0 Å². The van der Waals surface area contributed by atoms with Gasteiger partial charge in [0.1, 0.15) is 18.2 Å². The van der Waals surface area contributed by atoms with E-state index in [-0.39, 0.29) is 11.6 Å². The average molecular weight is 333 g/mol. The van der Waals surface area contributed by atoms with Gasteiger partial charge in [-0.2, -0.15) is 0 Å². The Morgan fingerprint density at radius 3 is 2.44 bits per heavy atom. The SMILES string of the molecule is O=C(/C=C/c1ccc(OCc2ccccn2)cc1)c1ccc(F)cc1. The lowest BCUT2D eigenvalue weighted by molar-refractivity contribution is 0.104. The number of carbonyl (C=O) groups is 1. The van der Waals surface area contributed by atoms with Gasteiger partial charge in [0, 0.05) is 11.8 Å². The summed E-state index contributed by atoms with van der Waals surface area (Å²) in [6.45, 7) is 0.402. The van der Waals surface area contributed by atoms with Gasteiger partial charge < -0.3 is 4.74 Å². The zero-order chi connectivity index (χ0) is 17.5. The van der Waals surface area contributed by atoms with Gasteiger partial charge in [-0.05, 0) is 60.2 Å². The van der Waals surface area contributed by atoms with Crippen molar-refractivity contribution in [3.8, 4) is 5.75 Å². The summed E-state index contributed by atoms with van der Waals surface area (Å²) in [6, 6.07) is 18.6. The molecule has 1 aromatic heterocycles. The van der Waals surface area contributed by atoms with E-state index < -0.39 is 0 Å². The van der Waals surface area contributed by atoms with Crippen molar-refractivity contribution in [3.05, 3.63) is 102 Å². The molecular formula is C21H16FNO2. The highest BCUT2D eigenvalue weighted by Crippen LogP contribution is 2.15. The van der Waals surface area contributed by atoms with Gasteiger partial charge in [0.15, 0.2) is 5.78 Å². The number of ether oxygens (including phenoxy) is 1. The molecule has 3 rings (SSSR count). The molecule has 0 aliphatic rings. The number of aromatic nitrogens is 1. The van der Waals surface area contributed by atoms with Crippen molar-refractivity contribution >= 4 is 11.9 Å². The molecule has 3 aromatic rings. The second-order valence-electron chi connectivity index (χ2n) is 5.38. The molecule has 0 unspecified atom stereocenters. The van der Waals surface area contributed by atoms with Crippen LogP contribution in [0.2, 0.25) is 0 Å². The number of hydrogen-bond acceptors (Lipinski definition) is 3. The van der Waals surface area contributed by atoms with Crippen molar-refractivity contribution in [2.75, 3.05) is 0 Å². The molecule has 0 saturated heterocycles. The van der Waals surface area contributed by atoms with Crippen LogP contribution < -0.4 is 4.74 Å². The Bertz CT molecular complexity index is 857. The Hall–Kier alpha value is -3.27. The quantitative estimate of drug-likeness (QED) is 0.485. The number of ketones is 1. The predicted molar refractivity (Wildman–Crippen MR) is 94.8 cm³/mol. The van der Waals surface area contributed by atoms with Crippen LogP contribution in [0.1, 0.15) is 21.6 Å². The third-order valence-corrected chi connectivity index (χ3v) is 3.55. The molecule has 0 aliphatic heterocycles. The van der Waals surface area contributed by atoms with Gasteiger partial charge in [0.25, 0.3) is 0 Å². The Morgan fingerprint density at radius 2 is 1.76 bits per heavy atom. The molecule has 2 aromatic carbocycles. The molecule has 0 fully saturated rings. The maximum absolute atomic E-state index is 12.9. The molecule has 0 atom stereocenters. The number of benzene rings is 2. The molecule has 0 N–H and O–H groups in total. The highest BCUT2D eigenvalue weighted by molar-refractivity contribution is 6.06. The van der Waals surface area contributed by atoms with Gasteiger partial charge in [0.05, 0.1) is 5.69 Å². The lowest BCUT2D eigenvalue weighted by Crippen LogP contribution is -1.97. The highest BCUT2D eigenvalue weighted by atomic mass is 19.1. The molecule has 3 nitrogen and oxygen atoms in total. The first-order valence-corrected chi connectivity index (χ1v) is 7.81. The summed E-state index contributed by atoms with van der Waals surface area (Å²) in [5, 5.41) is 0. The molecule has 0 bridgehead atoms. The van der Waals surface area contributed by atoms with E-state index in [4.69, 9.17) is 4.74 Å². The minimum absolute atomic E-state index is 0.171. The normalized spacial score (nSPS) is 10.8. The molecule has 0 radical (unpaired) electrons.